The second-order valence-corrected chi connectivity index (χ2v) is 13.2. The first-order valence-electron chi connectivity index (χ1n) is 13.7. The molecule has 1 aliphatic carbocycles. The predicted molar refractivity (Wildman–Crippen MR) is 164 cm³/mol. The summed E-state index contributed by atoms with van der Waals surface area (Å²) in [6.07, 6.45) is 5.06. The van der Waals surface area contributed by atoms with E-state index in [1.54, 1.807) is 68.4 Å². The Kier molecular flexibility index (Phi) is 10.3. The summed E-state index contributed by atoms with van der Waals surface area (Å²) in [5.74, 6) is -0.794. The number of benzene rings is 3. The molecule has 0 aliphatic heterocycles. The number of rotatable bonds is 10. The molecule has 2 amide bonds. The van der Waals surface area contributed by atoms with Gasteiger partial charge in [-0.3, -0.25) is 13.9 Å². The van der Waals surface area contributed by atoms with Crippen molar-refractivity contribution in [3.8, 4) is 0 Å². The van der Waals surface area contributed by atoms with Crippen molar-refractivity contribution in [2.75, 3.05) is 10.8 Å². The third-order valence-corrected chi connectivity index (χ3v) is 9.64. The van der Waals surface area contributed by atoms with E-state index in [1.165, 1.54) is 17.0 Å². The number of carbonyl (C=O) groups is 2. The zero-order valence-electron chi connectivity index (χ0n) is 23.2. The highest BCUT2D eigenvalue weighted by atomic mass is 35.5. The molecule has 1 aliphatic rings. The Morgan fingerprint density at radius 2 is 1.61 bits per heavy atom. The third-order valence-electron chi connectivity index (χ3n) is 7.40. The van der Waals surface area contributed by atoms with Crippen LogP contribution in [-0.2, 0) is 26.2 Å². The number of carbonyl (C=O) groups excluding carboxylic acids is 2. The van der Waals surface area contributed by atoms with Crippen LogP contribution in [0, 0.1) is 6.92 Å². The van der Waals surface area contributed by atoms with Crippen LogP contribution in [0.5, 0.6) is 0 Å². The van der Waals surface area contributed by atoms with Crippen LogP contribution in [0.1, 0.15) is 50.2 Å². The van der Waals surface area contributed by atoms with E-state index in [2.05, 4.69) is 5.32 Å². The van der Waals surface area contributed by atoms with Crippen molar-refractivity contribution in [1.29, 1.82) is 0 Å². The summed E-state index contributed by atoms with van der Waals surface area (Å²) in [7, 11) is -4.15. The number of nitrogens with one attached hydrogen (secondary N) is 1. The van der Waals surface area contributed by atoms with Crippen molar-refractivity contribution in [3.05, 3.63) is 94.0 Å². The molecular weight excluding hydrogens is 581 g/mol. The van der Waals surface area contributed by atoms with Crippen molar-refractivity contribution in [2.45, 2.75) is 69.5 Å². The average molecular weight is 617 g/mol. The van der Waals surface area contributed by atoms with E-state index in [0.29, 0.717) is 21.3 Å². The molecule has 1 atom stereocenters. The molecule has 10 heteroatoms. The van der Waals surface area contributed by atoms with Crippen LogP contribution in [0.25, 0.3) is 0 Å². The van der Waals surface area contributed by atoms with Crippen molar-refractivity contribution >= 4 is 50.7 Å². The maximum absolute atomic E-state index is 14.1. The normalized spacial score (nSPS) is 14.7. The average Bonchev–Trinajstić information content (AvgIpc) is 2.95. The van der Waals surface area contributed by atoms with Gasteiger partial charge in [0.25, 0.3) is 10.0 Å². The molecule has 1 fully saturated rings. The number of aryl methyl sites for hydroxylation is 1. The van der Waals surface area contributed by atoms with Crippen LogP contribution in [0.2, 0.25) is 10.0 Å². The van der Waals surface area contributed by atoms with Gasteiger partial charge in [-0.05, 0) is 80.3 Å². The number of nitrogens with zero attached hydrogens (tertiary/aromatic N) is 2. The fraction of sp³-hybridized carbons (Fsp3) is 0.355. The monoisotopic (exact) mass is 615 g/mol. The van der Waals surface area contributed by atoms with E-state index in [1.807, 2.05) is 6.07 Å². The summed E-state index contributed by atoms with van der Waals surface area (Å²) in [5.41, 5.74) is 1.64. The van der Waals surface area contributed by atoms with Crippen LogP contribution in [0.15, 0.2) is 77.7 Å². The van der Waals surface area contributed by atoms with Gasteiger partial charge in [0.1, 0.15) is 12.6 Å². The smallest absolute Gasteiger partial charge is 0.264 e. The molecule has 0 aromatic heterocycles. The lowest BCUT2D eigenvalue weighted by molar-refractivity contribution is -0.139. The van der Waals surface area contributed by atoms with Crippen LogP contribution >= 0.6 is 23.2 Å². The van der Waals surface area contributed by atoms with Crippen LogP contribution in [0.4, 0.5) is 5.69 Å². The number of sulfonamides is 1. The first-order valence-corrected chi connectivity index (χ1v) is 15.9. The number of hydrogen-bond donors (Lipinski definition) is 1. The third kappa shape index (κ3) is 7.82. The second-order valence-electron chi connectivity index (χ2n) is 10.4. The lowest BCUT2D eigenvalue weighted by Gasteiger charge is -2.33. The molecule has 1 saturated carbocycles. The molecule has 4 rings (SSSR count). The molecule has 0 radical (unpaired) electrons. The topological polar surface area (TPSA) is 86.8 Å². The van der Waals surface area contributed by atoms with Gasteiger partial charge in [0.2, 0.25) is 11.8 Å². The first kappa shape index (κ1) is 30.9. The zero-order chi connectivity index (χ0) is 29.6. The van der Waals surface area contributed by atoms with E-state index in [9.17, 15) is 18.0 Å². The van der Waals surface area contributed by atoms with Gasteiger partial charge in [-0.2, -0.15) is 0 Å². The van der Waals surface area contributed by atoms with Crippen LogP contribution in [-0.4, -0.2) is 43.8 Å². The lowest BCUT2D eigenvalue weighted by Crippen LogP contribution is -2.53. The number of amides is 2. The van der Waals surface area contributed by atoms with Gasteiger partial charge < -0.3 is 10.2 Å². The second kappa shape index (κ2) is 13.7. The fourth-order valence-corrected chi connectivity index (χ4v) is 7.05. The Morgan fingerprint density at radius 1 is 0.927 bits per heavy atom. The Morgan fingerprint density at radius 3 is 2.27 bits per heavy atom. The molecule has 0 bridgehead atoms. The van der Waals surface area contributed by atoms with Crippen LogP contribution < -0.4 is 9.62 Å². The highest BCUT2D eigenvalue weighted by Crippen LogP contribution is 2.29. The summed E-state index contributed by atoms with van der Waals surface area (Å²) in [5, 5.41) is 4.05. The molecule has 1 unspecified atom stereocenters. The molecule has 41 heavy (non-hydrogen) atoms. The fourth-order valence-electron chi connectivity index (χ4n) is 5.12. The van der Waals surface area contributed by atoms with E-state index >= 15 is 0 Å². The standard InChI is InChI=1S/C31H35Cl2N3O4S/c1-22-18-26(33)16-17-29(22)36(41(39,40)28-14-7-4-8-15-28)21-30(37)35(20-24-10-9-11-25(32)19-24)23(2)31(38)34-27-12-5-3-6-13-27/h4,7-11,14-19,23,27H,3,5-6,12-13,20-21H2,1-2H3,(H,34,38). The van der Waals surface area contributed by atoms with E-state index in [-0.39, 0.29) is 23.4 Å². The van der Waals surface area contributed by atoms with E-state index in [4.69, 9.17) is 23.2 Å². The Labute approximate surface area is 252 Å². The van der Waals surface area contributed by atoms with Crippen molar-refractivity contribution < 1.29 is 18.0 Å². The lowest BCUT2D eigenvalue weighted by atomic mass is 9.95. The maximum Gasteiger partial charge on any atom is 0.264 e. The number of halogens is 2. The molecule has 3 aromatic rings. The molecule has 218 valence electrons. The largest absolute Gasteiger partial charge is 0.352 e. The van der Waals surface area contributed by atoms with Gasteiger partial charge in [-0.15, -0.1) is 0 Å². The minimum absolute atomic E-state index is 0.0478. The van der Waals surface area contributed by atoms with Gasteiger partial charge in [0.05, 0.1) is 10.6 Å². The molecular formula is C31H35Cl2N3O4S. The highest BCUT2D eigenvalue weighted by Gasteiger charge is 2.33. The van der Waals surface area contributed by atoms with Gasteiger partial charge in [0.15, 0.2) is 0 Å². The summed E-state index contributed by atoms with van der Waals surface area (Å²) >= 11 is 12.4. The minimum atomic E-state index is -4.15. The van der Waals surface area contributed by atoms with Crippen molar-refractivity contribution in [2.24, 2.45) is 0 Å². The Bertz CT molecular complexity index is 1480. The number of hydrogen-bond acceptors (Lipinski definition) is 4. The summed E-state index contributed by atoms with van der Waals surface area (Å²) in [6.45, 7) is 2.98. The van der Waals surface area contributed by atoms with Crippen LogP contribution in [0.3, 0.4) is 0 Å². The van der Waals surface area contributed by atoms with Crippen molar-refractivity contribution in [1.82, 2.24) is 10.2 Å². The molecule has 0 spiro atoms. The first-order chi connectivity index (χ1) is 19.6. The Hall–Kier alpha value is -3.07. The summed E-state index contributed by atoms with van der Waals surface area (Å²) < 4.78 is 28.9. The summed E-state index contributed by atoms with van der Waals surface area (Å²) in [4.78, 5) is 29.0. The Balaban J connectivity index is 1.69. The zero-order valence-corrected chi connectivity index (χ0v) is 25.6. The highest BCUT2D eigenvalue weighted by molar-refractivity contribution is 7.92. The minimum Gasteiger partial charge on any atom is -0.352 e. The molecule has 0 saturated heterocycles. The molecule has 1 N–H and O–H groups in total. The maximum atomic E-state index is 14.1. The van der Waals surface area contributed by atoms with E-state index in [0.717, 1.165) is 42.0 Å². The van der Waals surface area contributed by atoms with Gasteiger partial charge >= 0.3 is 0 Å². The SMILES string of the molecule is Cc1cc(Cl)ccc1N(CC(=O)N(Cc1cccc(Cl)c1)C(C)C(=O)NC1CCCCC1)S(=O)(=O)c1ccccc1. The summed E-state index contributed by atoms with van der Waals surface area (Å²) in [6, 6.07) is 19.1. The van der Waals surface area contributed by atoms with Gasteiger partial charge in [-0.1, -0.05) is 72.8 Å². The predicted octanol–water partition coefficient (Wildman–Crippen LogP) is 6.36. The van der Waals surface area contributed by atoms with Crippen molar-refractivity contribution in [3.63, 3.8) is 0 Å². The molecule has 3 aromatic carbocycles. The number of anilines is 1. The molecule has 0 heterocycles. The molecule has 7 nitrogen and oxygen atoms in total. The van der Waals surface area contributed by atoms with Gasteiger partial charge in [-0.25, -0.2) is 8.42 Å². The van der Waals surface area contributed by atoms with Gasteiger partial charge in [0, 0.05) is 22.6 Å². The van der Waals surface area contributed by atoms with E-state index < -0.39 is 28.5 Å². The quantitative estimate of drug-likeness (QED) is 0.287.